The number of hydrogen-bond donors (Lipinski definition) is 1. The fourth-order valence-electron chi connectivity index (χ4n) is 3.35. The minimum Gasteiger partial charge on any atom is -0.339 e. The van der Waals surface area contributed by atoms with Crippen molar-refractivity contribution >= 4 is 17.4 Å². The Balaban J connectivity index is 1.73. The van der Waals surface area contributed by atoms with Gasteiger partial charge in [-0.25, -0.2) is 9.97 Å². The molecule has 1 aliphatic rings. The lowest BCUT2D eigenvalue weighted by Gasteiger charge is -2.34. The topological polar surface area (TPSA) is 58.1 Å². The third-order valence-electron chi connectivity index (χ3n) is 4.89. The second-order valence-electron chi connectivity index (χ2n) is 6.79. The van der Waals surface area contributed by atoms with Gasteiger partial charge in [0.1, 0.15) is 11.5 Å². The maximum atomic E-state index is 12.7. The van der Waals surface area contributed by atoms with Crippen LogP contribution in [-0.2, 0) is 0 Å². The van der Waals surface area contributed by atoms with E-state index in [-0.39, 0.29) is 5.91 Å². The number of amides is 1. The van der Waals surface area contributed by atoms with E-state index in [0.717, 1.165) is 37.1 Å². The van der Waals surface area contributed by atoms with Crippen LogP contribution in [0.3, 0.4) is 0 Å². The highest BCUT2D eigenvalue weighted by molar-refractivity contribution is 5.92. The second-order valence-corrected chi connectivity index (χ2v) is 6.79. The van der Waals surface area contributed by atoms with Crippen LogP contribution in [0.5, 0.6) is 0 Å². The molecular formula is C20H26N4O. The molecule has 0 bridgehead atoms. The minimum atomic E-state index is -0.00247. The second kappa shape index (κ2) is 7.64. The van der Waals surface area contributed by atoms with E-state index in [9.17, 15) is 4.79 Å². The van der Waals surface area contributed by atoms with Crippen molar-refractivity contribution in [2.24, 2.45) is 0 Å². The fraction of sp³-hybridized carbons (Fsp3) is 0.450. The van der Waals surface area contributed by atoms with Gasteiger partial charge in [-0.05, 0) is 56.7 Å². The summed E-state index contributed by atoms with van der Waals surface area (Å²) in [5, 5.41) is 3.28. The van der Waals surface area contributed by atoms with Crippen LogP contribution < -0.4 is 5.32 Å². The third-order valence-corrected chi connectivity index (χ3v) is 4.89. The van der Waals surface area contributed by atoms with Gasteiger partial charge in [-0.3, -0.25) is 4.79 Å². The van der Waals surface area contributed by atoms with Gasteiger partial charge < -0.3 is 10.2 Å². The van der Waals surface area contributed by atoms with Gasteiger partial charge in [0.2, 0.25) is 0 Å². The average Bonchev–Trinajstić information content (AvgIpc) is 2.64. The molecule has 3 rings (SSSR count). The SMILES string of the molecule is CCC1CCCCN1C(=O)c1cnc(Nc2cc(C)ccc2C)cn1. The van der Waals surface area contributed by atoms with Gasteiger partial charge in [0.15, 0.2) is 0 Å². The first-order valence-electron chi connectivity index (χ1n) is 9.05. The molecule has 0 spiro atoms. The van der Waals surface area contributed by atoms with E-state index in [2.05, 4.69) is 47.3 Å². The Labute approximate surface area is 149 Å². The summed E-state index contributed by atoms with van der Waals surface area (Å²) in [6.07, 6.45) is 7.57. The van der Waals surface area contributed by atoms with Crippen molar-refractivity contribution in [2.45, 2.75) is 52.5 Å². The van der Waals surface area contributed by atoms with Crippen LogP contribution in [-0.4, -0.2) is 33.4 Å². The van der Waals surface area contributed by atoms with Crippen molar-refractivity contribution in [1.82, 2.24) is 14.9 Å². The monoisotopic (exact) mass is 338 g/mol. The number of hydrogen-bond acceptors (Lipinski definition) is 4. The molecular weight excluding hydrogens is 312 g/mol. The van der Waals surface area contributed by atoms with Crippen molar-refractivity contribution in [2.75, 3.05) is 11.9 Å². The number of nitrogens with one attached hydrogen (secondary N) is 1. The number of nitrogens with zero attached hydrogens (tertiary/aromatic N) is 3. The van der Waals surface area contributed by atoms with E-state index in [0.29, 0.717) is 17.6 Å². The van der Waals surface area contributed by atoms with E-state index in [1.807, 2.05) is 11.8 Å². The molecule has 0 radical (unpaired) electrons. The molecule has 1 fully saturated rings. The molecule has 1 aliphatic heterocycles. The van der Waals surface area contributed by atoms with Crippen molar-refractivity contribution in [3.05, 3.63) is 47.4 Å². The number of carbonyl (C=O) groups is 1. The molecule has 1 aromatic carbocycles. The summed E-state index contributed by atoms with van der Waals surface area (Å²) in [7, 11) is 0. The van der Waals surface area contributed by atoms with Gasteiger partial charge in [-0.1, -0.05) is 19.1 Å². The van der Waals surface area contributed by atoms with Gasteiger partial charge in [0, 0.05) is 18.3 Å². The van der Waals surface area contributed by atoms with E-state index < -0.39 is 0 Å². The lowest BCUT2D eigenvalue weighted by atomic mass is 10.00. The highest BCUT2D eigenvalue weighted by Gasteiger charge is 2.27. The van der Waals surface area contributed by atoms with Crippen molar-refractivity contribution in [3.8, 4) is 0 Å². The highest BCUT2D eigenvalue weighted by atomic mass is 16.2. The first kappa shape index (κ1) is 17.4. The number of benzene rings is 1. The Morgan fingerprint density at radius 3 is 2.80 bits per heavy atom. The Morgan fingerprint density at radius 2 is 2.08 bits per heavy atom. The van der Waals surface area contributed by atoms with Crippen LogP contribution in [0.1, 0.15) is 54.2 Å². The first-order valence-corrected chi connectivity index (χ1v) is 9.05. The quantitative estimate of drug-likeness (QED) is 0.906. The molecule has 1 N–H and O–H groups in total. The summed E-state index contributed by atoms with van der Waals surface area (Å²) in [5.74, 6) is 0.647. The number of aromatic nitrogens is 2. The number of likely N-dealkylation sites (tertiary alicyclic amines) is 1. The molecule has 1 unspecified atom stereocenters. The van der Waals surface area contributed by atoms with Crippen LogP contribution in [0.2, 0.25) is 0 Å². The predicted molar refractivity (Wildman–Crippen MR) is 100 cm³/mol. The molecule has 1 amide bonds. The van der Waals surface area contributed by atoms with Crippen LogP contribution >= 0.6 is 0 Å². The van der Waals surface area contributed by atoms with Crippen LogP contribution in [0.15, 0.2) is 30.6 Å². The Kier molecular flexibility index (Phi) is 5.31. The van der Waals surface area contributed by atoms with E-state index in [1.165, 1.54) is 12.0 Å². The zero-order valence-electron chi connectivity index (χ0n) is 15.2. The zero-order chi connectivity index (χ0) is 17.8. The maximum absolute atomic E-state index is 12.7. The van der Waals surface area contributed by atoms with Crippen molar-refractivity contribution in [3.63, 3.8) is 0 Å². The molecule has 1 saturated heterocycles. The molecule has 5 heteroatoms. The van der Waals surface area contributed by atoms with E-state index >= 15 is 0 Å². The van der Waals surface area contributed by atoms with Gasteiger partial charge in [0.05, 0.1) is 12.4 Å². The van der Waals surface area contributed by atoms with Gasteiger partial charge >= 0.3 is 0 Å². The lowest BCUT2D eigenvalue weighted by Crippen LogP contribution is -2.43. The summed E-state index contributed by atoms with van der Waals surface area (Å²) in [5.41, 5.74) is 3.76. The molecule has 0 saturated carbocycles. The van der Waals surface area contributed by atoms with Crippen LogP contribution in [0, 0.1) is 13.8 Å². The van der Waals surface area contributed by atoms with E-state index in [4.69, 9.17) is 0 Å². The Morgan fingerprint density at radius 1 is 1.24 bits per heavy atom. The summed E-state index contributed by atoms with van der Waals surface area (Å²) >= 11 is 0. The first-order chi connectivity index (χ1) is 12.1. The molecule has 1 aromatic heterocycles. The molecule has 2 aromatic rings. The normalized spacial score (nSPS) is 17.4. The van der Waals surface area contributed by atoms with Crippen molar-refractivity contribution < 1.29 is 4.79 Å². The number of rotatable bonds is 4. The summed E-state index contributed by atoms with van der Waals surface area (Å²) in [6.45, 7) is 7.07. The van der Waals surface area contributed by atoms with Crippen LogP contribution in [0.25, 0.3) is 0 Å². The number of anilines is 2. The smallest absolute Gasteiger partial charge is 0.274 e. The fourth-order valence-corrected chi connectivity index (χ4v) is 3.35. The molecule has 5 nitrogen and oxygen atoms in total. The largest absolute Gasteiger partial charge is 0.339 e. The zero-order valence-corrected chi connectivity index (χ0v) is 15.2. The third kappa shape index (κ3) is 3.98. The van der Waals surface area contributed by atoms with Gasteiger partial charge in [0.25, 0.3) is 5.91 Å². The predicted octanol–water partition coefficient (Wildman–Crippen LogP) is 4.24. The maximum Gasteiger partial charge on any atom is 0.274 e. The average molecular weight is 338 g/mol. The van der Waals surface area contributed by atoms with E-state index in [1.54, 1.807) is 12.4 Å². The molecule has 132 valence electrons. The number of carbonyl (C=O) groups excluding carboxylic acids is 1. The standard InChI is InChI=1S/C20H26N4O/c1-4-16-7-5-6-10-24(16)20(25)18-12-22-19(13-21-18)23-17-11-14(2)8-9-15(17)3/h8-9,11-13,16H,4-7,10H2,1-3H3,(H,22,23). The summed E-state index contributed by atoms with van der Waals surface area (Å²) < 4.78 is 0. The number of piperidine rings is 1. The molecule has 25 heavy (non-hydrogen) atoms. The Bertz CT molecular complexity index is 742. The van der Waals surface area contributed by atoms with Gasteiger partial charge in [-0.2, -0.15) is 0 Å². The molecule has 1 atom stereocenters. The molecule has 2 heterocycles. The van der Waals surface area contributed by atoms with Crippen LogP contribution in [0.4, 0.5) is 11.5 Å². The van der Waals surface area contributed by atoms with Gasteiger partial charge in [-0.15, -0.1) is 0 Å². The lowest BCUT2D eigenvalue weighted by molar-refractivity contribution is 0.0601. The molecule has 0 aliphatic carbocycles. The minimum absolute atomic E-state index is 0.00247. The number of aryl methyl sites for hydroxylation is 2. The van der Waals surface area contributed by atoms with Crippen molar-refractivity contribution in [1.29, 1.82) is 0 Å². The summed E-state index contributed by atoms with van der Waals surface area (Å²) in [4.78, 5) is 23.4. The summed E-state index contributed by atoms with van der Waals surface area (Å²) in [6, 6.07) is 6.56. The highest BCUT2D eigenvalue weighted by Crippen LogP contribution is 2.22. The Hall–Kier alpha value is -2.43.